The SMILES string of the molecule is N#Cc1ccc(-c2nc(-c3ccc(F)cn3)no2)cc1. The Morgan fingerprint density at radius 1 is 1.10 bits per heavy atom. The predicted octanol–water partition coefficient (Wildman–Crippen LogP) is 2.81. The van der Waals surface area contributed by atoms with Crippen molar-refractivity contribution >= 4 is 0 Å². The summed E-state index contributed by atoms with van der Waals surface area (Å²) >= 11 is 0. The van der Waals surface area contributed by atoms with Crippen molar-refractivity contribution in [2.45, 2.75) is 0 Å². The molecule has 96 valence electrons. The van der Waals surface area contributed by atoms with Crippen molar-refractivity contribution in [3.05, 3.63) is 54.0 Å². The molecule has 0 bridgehead atoms. The molecule has 1 aromatic carbocycles. The molecule has 0 aliphatic heterocycles. The van der Waals surface area contributed by atoms with Crippen LogP contribution in [0, 0.1) is 17.1 Å². The van der Waals surface area contributed by atoms with E-state index in [1.54, 1.807) is 24.3 Å². The lowest BCUT2D eigenvalue weighted by Gasteiger charge is -1.93. The minimum atomic E-state index is -0.426. The summed E-state index contributed by atoms with van der Waals surface area (Å²) in [5.41, 5.74) is 1.67. The summed E-state index contributed by atoms with van der Waals surface area (Å²) in [5, 5.41) is 12.5. The number of halogens is 1. The zero-order chi connectivity index (χ0) is 13.9. The largest absolute Gasteiger partial charge is 0.334 e. The molecular weight excluding hydrogens is 259 g/mol. The molecule has 0 unspecified atom stereocenters. The molecule has 0 aliphatic carbocycles. The van der Waals surface area contributed by atoms with E-state index in [1.165, 1.54) is 12.1 Å². The van der Waals surface area contributed by atoms with Crippen LogP contribution < -0.4 is 0 Å². The van der Waals surface area contributed by atoms with E-state index in [1.807, 2.05) is 6.07 Å². The second-order valence-corrected chi connectivity index (χ2v) is 3.97. The Bertz CT molecular complexity index is 772. The molecule has 0 N–H and O–H groups in total. The van der Waals surface area contributed by atoms with E-state index in [0.29, 0.717) is 22.7 Å². The van der Waals surface area contributed by atoms with Gasteiger partial charge in [-0.15, -0.1) is 0 Å². The molecule has 5 nitrogen and oxygen atoms in total. The van der Waals surface area contributed by atoms with Crippen molar-refractivity contribution in [1.82, 2.24) is 15.1 Å². The first-order valence-electron chi connectivity index (χ1n) is 5.72. The van der Waals surface area contributed by atoms with Crippen molar-refractivity contribution in [3.8, 4) is 29.0 Å². The van der Waals surface area contributed by atoms with Crippen LogP contribution >= 0.6 is 0 Å². The van der Waals surface area contributed by atoms with Crippen LogP contribution in [-0.2, 0) is 0 Å². The van der Waals surface area contributed by atoms with Gasteiger partial charge in [0.15, 0.2) is 0 Å². The highest BCUT2D eigenvalue weighted by atomic mass is 19.1. The molecule has 20 heavy (non-hydrogen) atoms. The summed E-state index contributed by atoms with van der Waals surface area (Å²) in [6, 6.07) is 11.5. The van der Waals surface area contributed by atoms with Crippen LogP contribution in [0.5, 0.6) is 0 Å². The molecule has 2 aromatic heterocycles. The summed E-state index contributed by atoms with van der Waals surface area (Å²) in [4.78, 5) is 8.07. The number of aromatic nitrogens is 3. The Kier molecular flexibility index (Phi) is 2.94. The van der Waals surface area contributed by atoms with Crippen LogP contribution in [0.4, 0.5) is 4.39 Å². The van der Waals surface area contributed by atoms with Crippen LogP contribution in [0.1, 0.15) is 5.56 Å². The number of nitriles is 1. The average Bonchev–Trinajstić information content (AvgIpc) is 2.98. The number of rotatable bonds is 2. The fourth-order valence-corrected chi connectivity index (χ4v) is 1.64. The normalized spacial score (nSPS) is 10.2. The standard InChI is InChI=1S/C14H7FN4O/c15-11-5-6-12(17-8-11)13-18-14(20-19-13)10-3-1-9(7-16)2-4-10/h1-6,8H. The predicted molar refractivity (Wildman–Crippen MR) is 67.6 cm³/mol. The van der Waals surface area contributed by atoms with E-state index >= 15 is 0 Å². The maximum absolute atomic E-state index is 12.8. The van der Waals surface area contributed by atoms with Gasteiger partial charge < -0.3 is 4.52 Å². The minimum Gasteiger partial charge on any atom is -0.334 e. The Morgan fingerprint density at radius 2 is 1.90 bits per heavy atom. The van der Waals surface area contributed by atoms with E-state index in [9.17, 15) is 4.39 Å². The number of hydrogen-bond acceptors (Lipinski definition) is 5. The summed E-state index contributed by atoms with van der Waals surface area (Å²) in [6.07, 6.45) is 1.09. The number of pyridine rings is 1. The van der Waals surface area contributed by atoms with Crippen molar-refractivity contribution < 1.29 is 8.91 Å². The Labute approximate surface area is 113 Å². The van der Waals surface area contributed by atoms with Crippen LogP contribution in [0.15, 0.2) is 47.1 Å². The first-order valence-corrected chi connectivity index (χ1v) is 5.72. The van der Waals surface area contributed by atoms with Crippen LogP contribution in [0.2, 0.25) is 0 Å². The third kappa shape index (κ3) is 2.24. The summed E-state index contributed by atoms with van der Waals surface area (Å²) in [6.45, 7) is 0. The second-order valence-electron chi connectivity index (χ2n) is 3.97. The molecule has 0 saturated carbocycles. The van der Waals surface area contributed by atoms with E-state index < -0.39 is 5.82 Å². The highest BCUT2D eigenvalue weighted by Gasteiger charge is 2.11. The molecule has 0 fully saturated rings. The van der Waals surface area contributed by atoms with Gasteiger partial charge in [-0.05, 0) is 36.4 Å². The first kappa shape index (κ1) is 12.0. The monoisotopic (exact) mass is 266 g/mol. The zero-order valence-electron chi connectivity index (χ0n) is 10.1. The molecule has 3 aromatic rings. The Balaban J connectivity index is 1.93. The molecule has 3 rings (SSSR count). The molecule has 0 amide bonds. The van der Waals surface area contributed by atoms with Gasteiger partial charge in [0.25, 0.3) is 5.89 Å². The average molecular weight is 266 g/mol. The lowest BCUT2D eigenvalue weighted by Crippen LogP contribution is -1.86. The highest BCUT2D eigenvalue weighted by Crippen LogP contribution is 2.21. The van der Waals surface area contributed by atoms with Gasteiger partial charge in [-0.25, -0.2) is 9.37 Å². The van der Waals surface area contributed by atoms with E-state index in [0.717, 1.165) is 6.20 Å². The maximum atomic E-state index is 12.8. The van der Waals surface area contributed by atoms with Gasteiger partial charge in [-0.2, -0.15) is 10.2 Å². The maximum Gasteiger partial charge on any atom is 0.258 e. The molecule has 6 heteroatoms. The van der Waals surface area contributed by atoms with Crippen LogP contribution in [0.25, 0.3) is 23.0 Å². The number of hydrogen-bond donors (Lipinski definition) is 0. The third-order valence-corrected chi connectivity index (χ3v) is 2.64. The molecule has 0 aliphatic rings. The summed E-state index contributed by atoms with van der Waals surface area (Å²) in [7, 11) is 0. The van der Waals surface area contributed by atoms with Crippen molar-refractivity contribution in [3.63, 3.8) is 0 Å². The Hall–Kier alpha value is -3.07. The van der Waals surface area contributed by atoms with Crippen LogP contribution in [0.3, 0.4) is 0 Å². The quantitative estimate of drug-likeness (QED) is 0.712. The van der Waals surface area contributed by atoms with Crippen molar-refractivity contribution in [2.24, 2.45) is 0 Å². The van der Waals surface area contributed by atoms with Gasteiger partial charge in [-0.3, -0.25) is 0 Å². The van der Waals surface area contributed by atoms with Gasteiger partial charge in [-0.1, -0.05) is 5.16 Å². The molecule has 0 saturated heterocycles. The molecular formula is C14H7FN4O. The fourth-order valence-electron chi connectivity index (χ4n) is 1.64. The number of benzene rings is 1. The summed E-state index contributed by atoms with van der Waals surface area (Å²) in [5.74, 6) is 0.171. The smallest absolute Gasteiger partial charge is 0.258 e. The molecule has 0 spiro atoms. The zero-order valence-corrected chi connectivity index (χ0v) is 10.1. The topological polar surface area (TPSA) is 75.6 Å². The second kappa shape index (κ2) is 4.90. The van der Waals surface area contributed by atoms with Crippen molar-refractivity contribution in [1.29, 1.82) is 5.26 Å². The van der Waals surface area contributed by atoms with E-state index in [-0.39, 0.29) is 5.82 Å². The lowest BCUT2D eigenvalue weighted by atomic mass is 10.1. The van der Waals surface area contributed by atoms with Crippen molar-refractivity contribution in [2.75, 3.05) is 0 Å². The minimum absolute atomic E-state index is 0.282. The highest BCUT2D eigenvalue weighted by molar-refractivity contribution is 5.58. The summed E-state index contributed by atoms with van der Waals surface area (Å²) < 4.78 is 17.9. The van der Waals surface area contributed by atoms with Gasteiger partial charge >= 0.3 is 0 Å². The van der Waals surface area contributed by atoms with Crippen LogP contribution in [-0.4, -0.2) is 15.1 Å². The molecule has 2 heterocycles. The van der Waals surface area contributed by atoms with Gasteiger partial charge in [0.05, 0.1) is 17.8 Å². The lowest BCUT2D eigenvalue weighted by molar-refractivity contribution is 0.432. The van der Waals surface area contributed by atoms with E-state index in [4.69, 9.17) is 9.78 Å². The molecule has 0 atom stereocenters. The van der Waals surface area contributed by atoms with Gasteiger partial charge in [0.1, 0.15) is 11.5 Å². The third-order valence-electron chi connectivity index (χ3n) is 2.64. The number of nitrogens with zero attached hydrogens (tertiary/aromatic N) is 4. The molecule has 0 radical (unpaired) electrons. The van der Waals surface area contributed by atoms with Gasteiger partial charge in [0, 0.05) is 5.56 Å². The Morgan fingerprint density at radius 3 is 2.55 bits per heavy atom. The van der Waals surface area contributed by atoms with E-state index in [2.05, 4.69) is 15.1 Å². The first-order chi connectivity index (χ1) is 9.76. The fraction of sp³-hybridized carbons (Fsp3) is 0. The van der Waals surface area contributed by atoms with Gasteiger partial charge in [0.2, 0.25) is 5.82 Å².